The summed E-state index contributed by atoms with van der Waals surface area (Å²) in [6.07, 6.45) is 5.00. The number of hydrogen-bond acceptors (Lipinski definition) is 1. The zero-order valence-electron chi connectivity index (χ0n) is 7.09. The van der Waals surface area contributed by atoms with E-state index in [0.29, 0.717) is 0 Å². The Labute approximate surface area is 67.6 Å². The van der Waals surface area contributed by atoms with Crippen LogP contribution in [0, 0.1) is 6.79 Å². The van der Waals surface area contributed by atoms with E-state index in [1.165, 1.54) is 6.79 Å². The van der Waals surface area contributed by atoms with Gasteiger partial charge in [-0.05, 0) is 18.9 Å². The van der Waals surface area contributed by atoms with Crippen molar-refractivity contribution in [3.05, 3.63) is 18.6 Å². The van der Waals surface area contributed by atoms with Crippen LogP contribution in [0.4, 0.5) is 0 Å². The third-order valence-electron chi connectivity index (χ3n) is 1.57. The van der Waals surface area contributed by atoms with E-state index in [9.17, 15) is 0 Å². The van der Waals surface area contributed by atoms with E-state index in [1.54, 1.807) is 0 Å². The van der Waals surface area contributed by atoms with Gasteiger partial charge in [-0.3, -0.25) is 0 Å². The standard InChI is InChI=1S/C9H14O2/c1-3-5-9-6-8(4-2)10-7-11-9/h6-7H,3-5H2,1-2H3. The zero-order valence-corrected chi connectivity index (χ0v) is 7.09. The van der Waals surface area contributed by atoms with E-state index in [0.717, 1.165) is 30.8 Å². The van der Waals surface area contributed by atoms with Gasteiger partial charge in [0.1, 0.15) is 0 Å². The van der Waals surface area contributed by atoms with Crippen LogP contribution in [0.25, 0.3) is 0 Å². The highest BCUT2D eigenvalue weighted by molar-refractivity contribution is 5.90. The maximum Gasteiger partial charge on any atom is 0.332 e. The third kappa shape index (κ3) is 2.30. The van der Waals surface area contributed by atoms with E-state index in [2.05, 4.69) is 13.8 Å². The van der Waals surface area contributed by atoms with E-state index in [4.69, 9.17) is 9.16 Å². The Bertz CT molecular complexity index is 180. The van der Waals surface area contributed by atoms with E-state index in [-0.39, 0.29) is 0 Å². The molecule has 11 heavy (non-hydrogen) atoms. The fourth-order valence-corrected chi connectivity index (χ4v) is 0.958. The van der Waals surface area contributed by atoms with Crippen molar-refractivity contribution in [3.8, 4) is 0 Å². The van der Waals surface area contributed by atoms with Crippen molar-refractivity contribution < 1.29 is 9.16 Å². The number of allylic oxidation sites excluding steroid dienone is 2. The molecular weight excluding hydrogens is 140 g/mol. The average molecular weight is 154 g/mol. The molecule has 0 atom stereocenters. The molecular formula is C9H14O2. The fourth-order valence-electron chi connectivity index (χ4n) is 0.958. The largest absolute Gasteiger partial charge is 0.481 e. The van der Waals surface area contributed by atoms with Crippen molar-refractivity contribution in [2.24, 2.45) is 0 Å². The summed E-state index contributed by atoms with van der Waals surface area (Å²) in [5.74, 6) is 2.00. The predicted molar refractivity (Wildman–Crippen MR) is 43.7 cm³/mol. The summed E-state index contributed by atoms with van der Waals surface area (Å²) in [6.45, 7) is 5.60. The molecule has 1 aliphatic rings. The van der Waals surface area contributed by atoms with Crippen LogP contribution in [0.5, 0.6) is 0 Å². The topological polar surface area (TPSA) is 20.5 Å². The van der Waals surface area contributed by atoms with Crippen LogP contribution in [-0.2, 0) is 9.16 Å². The van der Waals surface area contributed by atoms with E-state index in [1.807, 2.05) is 6.08 Å². The first-order valence-corrected chi connectivity index (χ1v) is 4.08. The summed E-state index contributed by atoms with van der Waals surface area (Å²) in [7, 11) is 0. The molecule has 2 nitrogen and oxygen atoms in total. The molecule has 0 saturated heterocycles. The molecule has 0 aromatic heterocycles. The van der Waals surface area contributed by atoms with Crippen LogP contribution < -0.4 is 0 Å². The molecule has 0 amide bonds. The van der Waals surface area contributed by atoms with Crippen LogP contribution in [0.3, 0.4) is 0 Å². The molecule has 2 heteroatoms. The second-order valence-electron chi connectivity index (χ2n) is 2.51. The summed E-state index contributed by atoms with van der Waals surface area (Å²) < 4.78 is 10.2. The van der Waals surface area contributed by atoms with E-state index < -0.39 is 0 Å². The summed E-state index contributed by atoms with van der Waals surface area (Å²) in [6, 6.07) is 0. The molecule has 1 rings (SSSR count). The average Bonchev–Trinajstić information content (AvgIpc) is 2.06. The second kappa shape index (κ2) is 4.06. The smallest absolute Gasteiger partial charge is 0.332 e. The SMILES string of the molecule is CCCC1=CC(CC)=[O+][CH-]O1. The quantitative estimate of drug-likeness (QED) is 0.451. The van der Waals surface area contributed by atoms with Crippen LogP contribution in [0.1, 0.15) is 33.1 Å². The molecule has 0 fully saturated rings. The predicted octanol–water partition coefficient (Wildman–Crippen LogP) is 2.33. The fraction of sp³-hybridized carbons (Fsp3) is 0.556. The van der Waals surface area contributed by atoms with Crippen molar-refractivity contribution >= 4 is 5.78 Å². The first-order chi connectivity index (χ1) is 5.36. The number of ketones is 1. The maximum atomic E-state index is 5.14. The Kier molecular flexibility index (Phi) is 3.02. The van der Waals surface area contributed by atoms with Crippen LogP contribution in [0.15, 0.2) is 11.8 Å². The molecule has 0 radical (unpaired) electrons. The molecule has 0 aliphatic carbocycles. The van der Waals surface area contributed by atoms with Crippen molar-refractivity contribution in [3.63, 3.8) is 0 Å². The number of rotatable bonds is 3. The molecule has 0 bridgehead atoms. The molecule has 0 saturated carbocycles. The molecule has 62 valence electrons. The first kappa shape index (κ1) is 8.18. The Hall–Kier alpha value is -0.920. The Morgan fingerprint density at radius 3 is 3.00 bits per heavy atom. The lowest BCUT2D eigenvalue weighted by molar-refractivity contribution is -0.453. The van der Waals surface area contributed by atoms with Crippen LogP contribution in [0.2, 0.25) is 0 Å². The summed E-state index contributed by atoms with van der Waals surface area (Å²) in [5.41, 5.74) is 0. The lowest BCUT2D eigenvalue weighted by Gasteiger charge is -2.11. The number of ether oxygens (including phenoxy) is 1. The third-order valence-corrected chi connectivity index (χ3v) is 1.57. The summed E-state index contributed by atoms with van der Waals surface area (Å²) in [4.78, 5) is 0. The van der Waals surface area contributed by atoms with E-state index >= 15 is 0 Å². The van der Waals surface area contributed by atoms with Gasteiger partial charge in [-0.2, -0.15) is 0 Å². The lowest BCUT2D eigenvalue weighted by atomic mass is 10.2. The van der Waals surface area contributed by atoms with Gasteiger partial charge in [-0.25, -0.2) is 0 Å². The number of carbonyl (C=O) groups excluding carboxylic acids is 1. The summed E-state index contributed by atoms with van der Waals surface area (Å²) in [5, 5.41) is 0. The first-order valence-electron chi connectivity index (χ1n) is 4.08. The van der Waals surface area contributed by atoms with Gasteiger partial charge in [-0.15, -0.1) is 0 Å². The van der Waals surface area contributed by atoms with Gasteiger partial charge >= 0.3 is 6.79 Å². The van der Waals surface area contributed by atoms with Crippen molar-refractivity contribution in [2.45, 2.75) is 33.1 Å². The molecule has 0 spiro atoms. The highest BCUT2D eigenvalue weighted by Gasteiger charge is 2.06. The Morgan fingerprint density at radius 1 is 1.55 bits per heavy atom. The molecule has 0 aromatic carbocycles. The highest BCUT2D eigenvalue weighted by atomic mass is 16.6. The van der Waals surface area contributed by atoms with Crippen LogP contribution in [-0.4, -0.2) is 5.78 Å². The molecule has 0 unspecified atom stereocenters. The monoisotopic (exact) mass is 154 g/mol. The van der Waals surface area contributed by atoms with Gasteiger partial charge in [0.2, 0.25) is 0 Å². The highest BCUT2D eigenvalue weighted by Crippen LogP contribution is 2.12. The van der Waals surface area contributed by atoms with Gasteiger partial charge in [0.05, 0.1) is 5.76 Å². The van der Waals surface area contributed by atoms with Crippen molar-refractivity contribution in [1.29, 1.82) is 0 Å². The van der Waals surface area contributed by atoms with Gasteiger partial charge in [0, 0.05) is 6.42 Å². The Morgan fingerprint density at radius 2 is 2.36 bits per heavy atom. The van der Waals surface area contributed by atoms with Gasteiger partial charge in [0.25, 0.3) is 0 Å². The summed E-state index contributed by atoms with van der Waals surface area (Å²) >= 11 is 0. The second-order valence-corrected chi connectivity index (χ2v) is 2.51. The van der Waals surface area contributed by atoms with Gasteiger partial charge in [-0.1, -0.05) is 13.8 Å². The normalized spacial score (nSPS) is 16.2. The van der Waals surface area contributed by atoms with Gasteiger partial charge < -0.3 is 9.16 Å². The van der Waals surface area contributed by atoms with Gasteiger partial charge in [0.15, 0.2) is 5.78 Å². The minimum atomic E-state index is 0.924. The molecule has 0 aromatic rings. The Balaban J connectivity index is 2.53. The minimum absolute atomic E-state index is 0.924. The number of hydrogen-bond donors (Lipinski definition) is 0. The lowest BCUT2D eigenvalue weighted by Crippen LogP contribution is -2.06. The molecule has 0 N–H and O–H groups in total. The minimum Gasteiger partial charge on any atom is -0.481 e. The molecule has 1 heterocycles. The zero-order chi connectivity index (χ0) is 8.10. The maximum absolute atomic E-state index is 5.14. The van der Waals surface area contributed by atoms with Crippen molar-refractivity contribution in [2.75, 3.05) is 0 Å². The van der Waals surface area contributed by atoms with Crippen LogP contribution >= 0.6 is 0 Å². The molecule has 1 aliphatic heterocycles. The van der Waals surface area contributed by atoms with Crippen molar-refractivity contribution in [1.82, 2.24) is 0 Å².